The van der Waals surface area contributed by atoms with Crippen LogP contribution in [-0.2, 0) is 17.9 Å². The summed E-state index contributed by atoms with van der Waals surface area (Å²) < 4.78 is 25.1. The maximum atomic E-state index is 12.9. The Bertz CT molecular complexity index is 723. The molecule has 1 aromatic carbocycles. The number of hydrogen-bond donors (Lipinski definition) is 1. The molecule has 2 heterocycles. The minimum absolute atomic E-state index is 0.187. The molecule has 23 heavy (non-hydrogen) atoms. The molecule has 1 N–H and O–H groups in total. The first kappa shape index (κ1) is 15.5. The van der Waals surface area contributed by atoms with Gasteiger partial charge in [0.2, 0.25) is 0 Å². The van der Waals surface area contributed by atoms with E-state index in [0.29, 0.717) is 13.2 Å². The number of nitrogens with zero attached hydrogens (tertiary/aromatic N) is 2. The van der Waals surface area contributed by atoms with Crippen molar-refractivity contribution in [2.24, 2.45) is 0 Å². The molecule has 3 aromatic rings. The number of aliphatic hydroxyl groups excluding tert-OH is 1. The normalized spacial score (nSPS) is 12.4. The van der Waals surface area contributed by atoms with Crippen LogP contribution < -0.4 is 0 Å². The molecule has 0 saturated heterocycles. The summed E-state index contributed by atoms with van der Waals surface area (Å²) in [6.07, 6.45) is 2.68. The van der Waals surface area contributed by atoms with E-state index in [2.05, 4.69) is 5.10 Å². The molecule has 0 aliphatic heterocycles. The quantitative estimate of drug-likeness (QED) is 0.728. The zero-order valence-electron chi connectivity index (χ0n) is 12.4. The second-order valence-electron chi connectivity index (χ2n) is 5.18. The summed E-state index contributed by atoms with van der Waals surface area (Å²) in [7, 11) is 0. The molecule has 5 nitrogen and oxygen atoms in total. The smallest absolute Gasteiger partial charge is 0.129 e. The predicted molar refractivity (Wildman–Crippen MR) is 82.0 cm³/mol. The summed E-state index contributed by atoms with van der Waals surface area (Å²) in [5.41, 5.74) is 1.56. The van der Waals surface area contributed by atoms with Crippen LogP contribution in [0.25, 0.3) is 11.3 Å². The second-order valence-corrected chi connectivity index (χ2v) is 5.18. The van der Waals surface area contributed by atoms with Crippen LogP contribution in [0.15, 0.2) is 59.3 Å². The molecule has 0 bridgehead atoms. The van der Waals surface area contributed by atoms with Gasteiger partial charge in [-0.15, -0.1) is 0 Å². The number of aromatic nitrogens is 2. The summed E-state index contributed by atoms with van der Waals surface area (Å²) in [5, 5.41) is 14.3. The summed E-state index contributed by atoms with van der Waals surface area (Å²) >= 11 is 0. The zero-order valence-corrected chi connectivity index (χ0v) is 12.4. The molecule has 1 atom stereocenters. The summed E-state index contributed by atoms with van der Waals surface area (Å²) in [4.78, 5) is 0. The fourth-order valence-corrected chi connectivity index (χ4v) is 2.20. The Hall–Kier alpha value is -2.44. The largest absolute Gasteiger partial charge is 0.467 e. The SMILES string of the molecule is O[C@H](COCc1ccco1)Cn1ccc(-c2ccc(F)cc2)n1. The Morgan fingerprint density at radius 2 is 2.04 bits per heavy atom. The molecular weight excluding hydrogens is 299 g/mol. The maximum absolute atomic E-state index is 12.9. The van der Waals surface area contributed by atoms with Crippen molar-refractivity contribution in [3.8, 4) is 11.3 Å². The number of rotatable bonds is 7. The molecule has 0 unspecified atom stereocenters. The van der Waals surface area contributed by atoms with E-state index >= 15 is 0 Å². The van der Waals surface area contributed by atoms with Gasteiger partial charge < -0.3 is 14.3 Å². The average Bonchev–Trinajstić information content (AvgIpc) is 3.20. The van der Waals surface area contributed by atoms with Crippen LogP contribution in [0, 0.1) is 5.82 Å². The van der Waals surface area contributed by atoms with Crippen LogP contribution in [-0.4, -0.2) is 27.6 Å². The Labute approximate surface area is 132 Å². The highest BCUT2D eigenvalue weighted by Crippen LogP contribution is 2.17. The van der Waals surface area contributed by atoms with E-state index in [9.17, 15) is 9.50 Å². The minimum atomic E-state index is -0.675. The van der Waals surface area contributed by atoms with Crippen LogP contribution in [0.4, 0.5) is 4.39 Å². The van der Waals surface area contributed by atoms with Gasteiger partial charge in [0.25, 0.3) is 0 Å². The molecule has 0 aliphatic carbocycles. The Kier molecular flexibility index (Phi) is 4.85. The van der Waals surface area contributed by atoms with Gasteiger partial charge in [-0.3, -0.25) is 4.68 Å². The van der Waals surface area contributed by atoms with E-state index in [1.54, 1.807) is 35.3 Å². The van der Waals surface area contributed by atoms with E-state index in [4.69, 9.17) is 9.15 Å². The lowest BCUT2D eigenvalue weighted by molar-refractivity contribution is 0.0132. The lowest BCUT2D eigenvalue weighted by atomic mass is 10.1. The van der Waals surface area contributed by atoms with E-state index in [1.807, 2.05) is 12.1 Å². The lowest BCUT2D eigenvalue weighted by Gasteiger charge is -2.10. The van der Waals surface area contributed by atoms with Crippen molar-refractivity contribution in [1.29, 1.82) is 0 Å². The van der Waals surface area contributed by atoms with Crippen molar-refractivity contribution in [1.82, 2.24) is 9.78 Å². The molecule has 0 saturated carbocycles. The average molecular weight is 316 g/mol. The van der Waals surface area contributed by atoms with Gasteiger partial charge in [-0.2, -0.15) is 5.10 Å². The monoisotopic (exact) mass is 316 g/mol. The number of ether oxygens (including phenoxy) is 1. The van der Waals surface area contributed by atoms with Crippen molar-refractivity contribution in [2.75, 3.05) is 6.61 Å². The topological polar surface area (TPSA) is 60.4 Å². The fraction of sp³-hybridized carbons (Fsp3) is 0.235. The van der Waals surface area contributed by atoms with Gasteiger partial charge in [-0.05, 0) is 42.5 Å². The summed E-state index contributed by atoms with van der Waals surface area (Å²) in [5.74, 6) is 0.437. The van der Waals surface area contributed by atoms with Crippen molar-refractivity contribution < 1.29 is 18.7 Å². The summed E-state index contributed by atoms with van der Waals surface area (Å²) in [6.45, 7) is 0.829. The van der Waals surface area contributed by atoms with Crippen LogP contribution >= 0.6 is 0 Å². The van der Waals surface area contributed by atoms with E-state index in [-0.39, 0.29) is 12.4 Å². The van der Waals surface area contributed by atoms with Gasteiger partial charge in [0.05, 0.1) is 31.2 Å². The summed E-state index contributed by atoms with van der Waals surface area (Å²) in [6, 6.07) is 11.6. The first-order valence-electron chi connectivity index (χ1n) is 7.28. The van der Waals surface area contributed by atoms with Crippen LogP contribution in [0.2, 0.25) is 0 Å². The minimum Gasteiger partial charge on any atom is -0.467 e. The van der Waals surface area contributed by atoms with Crippen molar-refractivity contribution in [2.45, 2.75) is 19.3 Å². The lowest BCUT2D eigenvalue weighted by Crippen LogP contribution is -2.22. The van der Waals surface area contributed by atoms with Crippen LogP contribution in [0.5, 0.6) is 0 Å². The standard InChI is InChI=1S/C17H17FN2O3/c18-14-5-3-13(4-6-14)17-7-8-20(19-17)10-15(21)11-22-12-16-2-1-9-23-16/h1-9,15,21H,10-12H2/t15-/m0/s1. The highest BCUT2D eigenvalue weighted by Gasteiger charge is 2.09. The third-order valence-electron chi connectivity index (χ3n) is 3.31. The van der Waals surface area contributed by atoms with Gasteiger partial charge in [0.1, 0.15) is 18.2 Å². The number of hydrogen-bond acceptors (Lipinski definition) is 4. The molecular formula is C17H17FN2O3. The second kappa shape index (κ2) is 7.21. The van der Waals surface area contributed by atoms with Gasteiger partial charge in [-0.1, -0.05) is 0 Å². The Balaban J connectivity index is 1.51. The van der Waals surface area contributed by atoms with Crippen LogP contribution in [0.3, 0.4) is 0 Å². The fourth-order valence-electron chi connectivity index (χ4n) is 2.20. The molecule has 2 aromatic heterocycles. The highest BCUT2D eigenvalue weighted by molar-refractivity contribution is 5.58. The van der Waals surface area contributed by atoms with Gasteiger partial charge in [0, 0.05) is 11.8 Å². The number of halogens is 1. The third kappa shape index (κ3) is 4.28. The molecule has 6 heteroatoms. The maximum Gasteiger partial charge on any atom is 0.129 e. The molecule has 3 rings (SSSR count). The predicted octanol–water partition coefficient (Wildman–Crippen LogP) is 2.86. The molecule has 0 aliphatic rings. The molecule has 120 valence electrons. The number of furan rings is 1. The van der Waals surface area contributed by atoms with Crippen molar-refractivity contribution in [3.63, 3.8) is 0 Å². The molecule has 0 amide bonds. The van der Waals surface area contributed by atoms with Crippen molar-refractivity contribution in [3.05, 3.63) is 66.5 Å². The third-order valence-corrected chi connectivity index (χ3v) is 3.31. The number of benzene rings is 1. The molecule has 0 radical (unpaired) electrons. The molecule has 0 spiro atoms. The Morgan fingerprint density at radius 3 is 2.78 bits per heavy atom. The van der Waals surface area contributed by atoms with E-state index < -0.39 is 6.10 Å². The zero-order chi connectivity index (χ0) is 16.1. The van der Waals surface area contributed by atoms with Crippen LogP contribution in [0.1, 0.15) is 5.76 Å². The van der Waals surface area contributed by atoms with E-state index in [1.165, 1.54) is 12.1 Å². The van der Waals surface area contributed by atoms with Crippen molar-refractivity contribution >= 4 is 0 Å². The highest BCUT2D eigenvalue weighted by atomic mass is 19.1. The van der Waals surface area contributed by atoms with Gasteiger partial charge in [0.15, 0.2) is 0 Å². The van der Waals surface area contributed by atoms with Gasteiger partial charge >= 0.3 is 0 Å². The first-order chi connectivity index (χ1) is 11.2. The Morgan fingerprint density at radius 1 is 1.22 bits per heavy atom. The first-order valence-corrected chi connectivity index (χ1v) is 7.28. The van der Waals surface area contributed by atoms with E-state index in [0.717, 1.165) is 17.0 Å². The molecule has 0 fully saturated rings. The van der Waals surface area contributed by atoms with Gasteiger partial charge in [-0.25, -0.2) is 4.39 Å². The number of aliphatic hydroxyl groups is 1.